The van der Waals surface area contributed by atoms with Crippen molar-refractivity contribution in [2.75, 3.05) is 27.3 Å². The lowest BCUT2D eigenvalue weighted by Crippen LogP contribution is -2.51. The van der Waals surface area contributed by atoms with Crippen LogP contribution < -0.4 is 14.8 Å². The van der Waals surface area contributed by atoms with Crippen LogP contribution in [0.25, 0.3) is 0 Å². The molecule has 34 heavy (non-hydrogen) atoms. The zero-order valence-corrected chi connectivity index (χ0v) is 20.1. The van der Waals surface area contributed by atoms with Gasteiger partial charge in [0.2, 0.25) is 0 Å². The lowest BCUT2D eigenvalue weighted by atomic mass is 9.88. The van der Waals surface area contributed by atoms with Crippen LogP contribution in [0.3, 0.4) is 0 Å². The van der Waals surface area contributed by atoms with Gasteiger partial charge in [-0.3, -0.25) is 14.3 Å². The summed E-state index contributed by atoms with van der Waals surface area (Å²) in [5.74, 6) is 0.530. The molecule has 2 aromatic carbocycles. The summed E-state index contributed by atoms with van der Waals surface area (Å²) in [6.07, 6.45) is 2.44. The summed E-state index contributed by atoms with van der Waals surface area (Å²) in [7, 11) is 4.94. The molecule has 9 heteroatoms. The summed E-state index contributed by atoms with van der Waals surface area (Å²) in [6, 6.07) is 13.8. The second kappa shape index (κ2) is 10.2. The average molecular weight is 483 g/mol. The largest absolute Gasteiger partial charge is 0.493 e. The molecule has 178 valence electrons. The van der Waals surface area contributed by atoms with E-state index in [1.165, 1.54) is 7.11 Å². The van der Waals surface area contributed by atoms with Gasteiger partial charge in [0.15, 0.2) is 11.5 Å². The number of aryl methyl sites for hydroxylation is 1. The first-order valence-electron chi connectivity index (χ1n) is 11.0. The first kappa shape index (κ1) is 23.6. The van der Waals surface area contributed by atoms with E-state index in [-0.39, 0.29) is 23.8 Å². The van der Waals surface area contributed by atoms with E-state index in [1.807, 2.05) is 19.3 Å². The van der Waals surface area contributed by atoms with Crippen molar-refractivity contribution in [2.24, 2.45) is 7.05 Å². The number of rotatable bonds is 6. The van der Waals surface area contributed by atoms with Crippen LogP contribution in [0.4, 0.5) is 0 Å². The molecule has 1 saturated heterocycles. The second-order valence-electron chi connectivity index (χ2n) is 8.19. The summed E-state index contributed by atoms with van der Waals surface area (Å²) in [4.78, 5) is 28.1. The summed E-state index contributed by atoms with van der Waals surface area (Å²) < 4.78 is 12.4. The Morgan fingerprint density at radius 3 is 2.53 bits per heavy atom. The monoisotopic (exact) mass is 482 g/mol. The van der Waals surface area contributed by atoms with Gasteiger partial charge in [0, 0.05) is 43.9 Å². The fourth-order valence-electron chi connectivity index (χ4n) is 4.28. The van der Waals surface area contributed by atoms with Gasteiger partial charge in [0.25, 0.3) is 11.8 Å². The lowest BCUT2D eigenvalue weighted by Gasteiger charge is -2.38. The summed E-state index contributed by atoms with van der Waals surface area (Å²) in [6.45, 7) is 0.904. The molecule has 1 aliphatic rings. The van der Waals surface area contributed by atoms with Crippen LogP contribution in [0.1, 0.15) is 38.7 Å². The molecule has 1 fully saturated rings. The van der Waals surface area contributed by atoms with E-state index in [0.29, 0.717) is 47.2 Å². The van der Waals surface area contributed by atoms with Gasteiger partial charge < -0.3 is 19.7 Å². The van der Waals surface area contributed by atoms with E-state index >= 15 is 0 Å². The van der Waals surface area contributed by atoms with Crippen LogP contribution in [0.15, 0.2) is 54.7 Å². The molecular formula is C25H27ClN4O4. The third-order valence-corrected chi connectivity index (χ3v) is 6.41. The summed E-state index contributed by atoms with van der Waals surface area (Å²) >= 11 is 6.22. The van der Waals surface area contributed by atoms with E-state index < -0.39 is 0 Å². The molecule has 0 radical (unpaired) electrons. The Hall–Kier alpha value is -3.52. The number of hydrogen-bond donors (Lipinski definition) is 1. The smallest absolute Gasteiger partial charge is 0.254 e. The topological polar surface area (TPSA) is 85.7 Å². The quantitative estimate of drug-likeness (QED) is 0.581. The third-order valence-electron chi connectivity index (χ3n) is 6.08. The van der Waals surface area contributed by atoms with Gasteiger partial charge >= 0.3 is 0 Å². The number of nitrogens with zero attached hydrogens (tertiary/aromatic N) is 3. The second-order valence-corrected chi connectivity index (χ2v) is 8.60. The standard InChI is InChI=1S/C25H27ClN4O4/c1-29-12-10-21(28-29)18-15-30(25(32)16-8-9-22(33-2)23(14-16)34-3)13-11-20(18)27-24(31)17-6-4-5-7-19(17)26/h4-10,12,14,18,20H,11,13,15H2,1-3H3,(H,27,31)/t18-,20-/m1/s1. The molecular weight excluding hydrogens is 456 g/mol. The number of ether oxygens (including phenoxy) is 2. The molecule has 0 aliphatic carbocycles. The summed E-state index contributed by atoms with van der Waals surface area (Å²) in [5, 5.41) is 8.08. The molecule has 4 rings (SSSR count). The van der Waals surface area contributed by atoms with Gasteiger partial charge in [-0.25, -0.2) is 0 Å². The fraction of sp³-hybridized carbons (Fsp3) is 0.320. The Labute approximate surface area is 203 Å². The average Bonchev–Trinajstić information content (AvgIpc) is 3.29. The van der Waals surface area contributed by atoms with Crippen LogP contribution in [-0.4, -0.2) is 59.8 Å². The maximum atomic E-state index is 13.3. The van der Waals surface area contributed by atoms with Crippen molar-refractivity contribution < 1.29 is 19.1 Å². The maximum Gasteiger partial charge on any atom is 0.254 e. The number of aromatic nitrogens is 2. The lowest BCUT2D eigenvalue weighted by molar-refractivity contribution is 0.0669. The van der Waals surface area contributed by atoms with E-state index in [0.717, 1.165) is 5.69 Å². The SMILES string of the molecule is COc1ccc(C(=O)N2CC[C@@H](NC(=O)c3ccccc3Cl)[C@H](c3ccn(C)n3)C2)cc1OC. The Morgan fingerprint density at radius 2 is 1.85 bits per heavy atom. The Bertz CT molecular complexity index is 1200. The first-order valence-corrected chi connectivity index (χ1v) is 11.3. The molecule has 1 aliphatic heterocycles. The Kier molecular flexibility index (Phi) is 7.07. The third kappa shape index (κ3) is 4.87. The minimum absolute atomic E-state index is 0.113. The van der Waals surface area contributed by atoms with Gasteiger partial charge in [-0.05, 0) is 42.8 Å². The number of amides is 2. The van der Waals surface area contributed by atoms with E-state index in [2.05, 4.69) is 10.4 Å². The highest BCUT2D eigenvalue weighted by Gasteiger charge is 2.35. The van der Waals surface area contributed by atoms with E-state index in [1.54, 1.807) is 59.2 Å². The zero-order valence-electron chi connectivity index (χ0n) is 19.3. The van der Waals surface area contributed by atoms with Crippen molar-refractivity contribution >= 4 is 23.4 Å². The number of halogens is 1. The van der Waals surface area contributed by atoms with Crippen molar-refractivity contribution in [3.63, 3.8) is 0 Å². The Balaban J connectivity index is 1.56. The molecule has 0 spiro atoms. The minimum Gasteiger partial charge on any atom is -0.493 e. The highest BCUT2D eigenvalue weighted by Crippen LogP contribution is 2.31. The number of methoxy groups -OCH3 is 2. The number of benzene rings is 2. The van der Waals surface area contributed by atoms with Crippen LogP contribution >= 0.6 is 11.6 Å². The predicted octanol–water partition coefficient (Wildman–Crippen LogP) is 3.52. The molecule has 2 amide bonds. The number of carbonyl (C=O) groups excluding carboxylic acids is 2. The number of carbonyl (C=O) groups is 2. The van der Waals surface area contributed by atoms with E-state index in [4.69, 9.17) is 21.1 Å². The fourth-order valence-corrected chi connectivity index (χ4v) is 4.50. The first-order chi connectivity index (χ1) is 16.4. The molecule has 2 heterocycles. The van der Waals surface area contributed by atoms with Crippen molar-refractivity contribution in [1.82, 2.24) is 20.0 Å². The highest BCUT2D eigenvalue weighted by atomic mass is 35.5. The van der Waals surface area contributed by atoms with Crippen LogP contribution in [-0.2, 0) is 7.05 Å². The highest BCUT2D eigenvalue weighted by molar-refractivity contribution is 6.33. The molecule has 0 bridgehead atoms. The zero-order chi connectivity index (χ0) is 24.2. The van der Waals surface area contributed by atoms with Crippen LogP contribution in [0.5, 0.6) is 11.5 Å². The predicted molar refractivity (Wildman–Crippen MR) is 129 cm³/mol. The van der Waals surface area contributed by atoms with Crippen molar-refractivity contribution in [2.45, 2.75) is 18.4 Å². The van der Waals surface area contributed by atoms with Gasteiger partial charge in [-0.2, -0.15) is 5.10 Å². The van der Waals surface area contributed by atoms with Gasteiger partial charge in [-0.1, -0.05) is 23.7 Å². The molecule has 8 nitrogen and oxygen atoms in total. The molecule has 2 atom stereocenters. The Morgan fingerprint density at radius 1 is 1.09 bits per heavy atom. The van der Waals surface area contributed by atoms with E-state index in [9.17, 15) is 9.59 Å². The van der Waals surface area contributed by atoms with Crippen molar-refractivity contribution in [3.05, 3.63) is 76.6 Å². The molecule has 0 unspecified atom stereocenters. The van der Waals surface area contributed by atoms with Gasteiger partial charge in [0.1, 0.15) is 0 Å². The molecule has 0 saturated carbocycles. The van der Waals surface area contributed by atoms with Crippen molar-refractivity contribution in [1.29, 1.82) is 0 Å². The van der Waals surface area contributed by atoms with Crippen LogP contribution in [0, 0.1) is 0 Å². The van der Waals surface area contributed by atoms with Crippen molar-refractivity contribution in [3.8, 4) is 11.5 Å². The molecule has 1 aromatic heterocycles. The van der Waals surface area contributed by atoms with Gasteiger partial charge in [0.05, 0.1) is 30.5 Å². The summed E-state index contributed by atoms with van der Waals surface area (Å²) in [5.41, 5.74) is 1.75. The normalized spacial score (nSPS) is 17.8. The molecule has 3 aromatic rings. The number of hydrogen-bond acceptors (Lipinski definition) is 5. The van der Waals surface area contributed by atoms with Gasteiger partial charge in [-0.15, -0.1) is 0 Å². The number of nitrogens with one attached hydrogen (secondary N) is 1. The number of likely N-dealkylation sites (tertiary alicyclic amines) is 1. The molecule has 1 N–H and O–H groups in total. The number of piperidine rings is 1. The maximum absolute atomic E-state index is 13.3. The van der Waals surface area contributed by atoms with Crippen LogP contribution in [0.2, 0.25) is 5.02 Å². The minimum atomic E-state index is -0.240.